The van der Waals surface area contributed by atoms with E-state index in [2.05, 4.69) is 0 Å². The number of aryl methyl sites for hydroxylation is 1. The van der Waals surface area contributed by atoms with Crippen molar-refractivity contribution in [2.24, 2.45) is 11.8 Å². The largest absolute Gasteiger partial charge is 0.342 e. The van der Waals surface area contributed by atoms with Crippen LogP contribution >= 0.6 is 0 Å². The van der Waals surface area contributed by atoms with E-state index in [1.807, 2.05) is 41.0 Å². The van der Waals surface area contributed by atoms with Crippen molar-refractivity contribution in [2.45, 2.75) is 52.0 Å². The van der Waals surface area contributed by atoms with E-state index in [4.69, 9.17) is 0 Å². The van der Waals surface area contributed by atoms with Crippen molar-refractivity contribution < 1.29 is 14.4 Å². The highest BCUT2D eigenvalue weighted by molar-refractivity contribution is 5.89. The average Bonchev–Trinajstić information content (AvgIpc) is 3.15. The Kier molecular flexibility index (Phi) is 6.40. The van der Waals surface area contributed by atoms with Gasteiger partial charge < -0.3 is 14.7 Å². The third-order valence-electron chi connectivity index (χ3n) is 6.88. The van der Waals surface area contributed by atoms with E-state index in [9.17, 15) is 14.4 Å². The van der Waals surface area contributed by atoms with E-state index in [0.29, 0.717) is 32.6 Å². The fraction of sp³-hybridized carbons (Fsp3) is 0.625. The Hall–Kier alpha value is -2.37. The van der Waals surface area contributed by atoms with Gasteiger partial charge in [-0.2, -0.15) is 0 Å². The van der Waals surface area contributed by atoms with Crippen LogP contribution in [0.2, 0.25) is 0 Å². The first-order valence-corrected chi connectivity index (χ1v) is 11.4. The highest BCUT2D eigenvalue weighted by Crippen LogP contribution is 2.26. The van der Waals surface area contributed by atoms with Crippen molar-refractivity contribution >= 4 is 17.7 Å². The number of rotatable bonds is 4. The molecule has 1 aromatic rings. The zero-order chi connectivity index (χ0) is 21.1. The van der Waals surface area contributed by atoms with Crippen LogP contribution in [0, 0.1) is 18.8 Å². The molecule has 3 amide bonds. The predicted molar refractivity (Wildman–Crippen MR) is 114 cm³/mol. The summed E-state index contributed by atoms with van der Waals surface area (Å²) in [5.41, 5.74) is 2.29. The van der Waals surface area contributed by atoms with Crippen molar-refractivity contribution in [1.29, 1.82) is 0 Å². The molecule has 0 aromatic heterocycles. The molecule has 0 aliphatic carbocycles. The number of nitrogens with zero attached hydrogens (tertiary/aromatic N) is 3. The van der Waals surface area contributed by atoms with Gasteiger partial charge in [-0.15, -0.1) is 0 Å². The normalized spacial score (nSPS) is 23.2. The van der Waals surface area contributed by atoms with E-state index < -0.39 is 0 Å². The van der Waals surface area contributed by atoms with Crippen LogP contribution in [0.15, 0.2) is 24.3 Å². The van der Waals surface area contributed by atoms with E-state index in [1.54, 1.807) is 4.90 Å². The van der Waals surface area contributed by atoms with Crippen LogP contribution in [0.5, 0.6) is 0 Å². The summed E-state index contributed by atoms with van der Waals surface area (Å²) in [6.07, 6.45) is 5.23. The monoisotopic (exact) mass is 411 g/mol. The molecule has 3 heterocycles. The molecule has 3 aliphatic rings. The summed E-state index contributed by atoms with van der Waals surface area (Å²) >= 11 is 0. The molecule has 0 spiro atoms. The molecule has 1 unspecified atom stereocenters. The Balaban J connectivity index is 1.27. The number of carbonyl (C=O) groups excluding carboxylic acids is 3. The Morgan fingerprint density at radius 2 is 1.47 bits per heavy atom. The summed E-state index contributed by atoms with van der Waals surface area (Å²) < 4.78 is 0. The van der Waals surface area contributed by atoms with Gasteiger partial charge in [0.1, 0.15) is 0 Å². The van der Waals surface area contributed by atoms with Crippen molar-refractivity contribution in [3.63, 3.8) is 0 Å². The molecule has 1 aromatic carbocycles. The molecular weight excluding hydrogens is 378 g/mol. The third kappa shape index (κ3) is 4.68. The second kappa shape index (κ2) is 9.19. The van der Waals surface area contributed by atoms with E-state index in [1.165, 1.54) is 12.0 Å². The first-order valence-electron chi connectivity index (χ1n) is 11.4. The Labute approximate surface area is 179 Å². The van der Waals surface area contributed by atoms with Crippen LogP contribution in [0.3, 0.4) is 0 Å². The van der Waals surface area contributed by atoms with Crippen LogP contribution in [-0.4, -0.2) is 65.1 Å². The zero-order valence-corrected chi connectivity index (χ0v) is 18.0. The predicted octanol–water partition coefficient (Wildman–Crippen LogP) is 2.59. The number of hydrogen-bond donors (Lipinski definition) is 0. The van der Waals surface area contributed by atoms with Gasteiger partial charge in [0.25, 0.3) is 0 Å². The lowest BCUT2D eigenvalue weighted by molar-refractivity contribution is -0.143. The van der Waals surface area contributed by atoms with Crippen LogP contribution in [-0.2, 0) is 20.9 Å². The molecule has 4 rings (SSSR count). The number of amides is 3. The van der Waals surface area contributed by atoms with Crippen molar-refractivity contribution in [3.8, 4) is 0 Å². The number of hydrogen-bond acceptors (Lipinski definition) is 3. The second-order valence-corrected chi connectivity index (χ2v) is 9.15. The minimum atomic E-state index is -0.253. The van der Waals surface area contributed by atoms with Gasteiger partial charge in [0.05, 0.1) is 5.92 Å². The van der Waals surface area contributed by atoms with Gasteiger partial charge in [-0.05, 0) is 44.6 Å². The summed E-state index contributed by atoms with van der Waals surface area (Å²) in [5.74, 6) is 0.220. The Morgan fingerprint density at radius 1 is 0.867 bits per heavy atom. The molecule has 162 valence electrons. The Morgan fingerprint density at radius 3 is 2.13 bits per heavy atom. The lowest BCUT2D eigenvalue weighted by Gasteiger charge is -2.36. The number of likely N-dealkylation sites (tertiary alicyclic amines) is 3. The fourth-order valence-electron chi connectivity index (χ4n) is 4.98. The molecule has 3 aliphatic heterocycles. The first-order chi connectivity index (χ1) is 14.5. The molecule has 0 N–H and O–H groups in total. The number of piperidine rings is 2. The van der Waals surface area contributed by atoms with Crippen molar-refractivity contribution in [3.05, 3.63) is 35.4 Å². The topological polar surface area (TPSA) is 60.9 Å². The van der Waals surface area contributed by atoms with Crippen LogP contribution in [0.4, 0.5) is 0 Å². The van der Waals surface area contributed by atoms with Crippen LogP contribution < -0.4 is 0 Å². The third-order valence-corrected chi connectivity index (χ3v) is 6.88. The second-order valence-electron chi connectivity index (χ2n) is 9.15. The molecule has 3 fully saturated rings. The standard InChI is InChI=1S/C24H33N3O3/c1-18-5-7-19(8-6-18)16-27-17-21(15-22(27)28)24(30)26-13-9-20(10-14-26)23(29)25-11-3-2-4-12-25/h5-8,20-21H,2-4,9-17H2,1H3. The minimum Gasteiger partial charge on any atom is -0.342 e. The molecule has 0 radical (unpaired) electrons. The molecule has 0 bridgehead atoms. The molecule has 30 heavy (non-hydrogen) atoms. The lowest BCUT2D eigenvalue weighted by atomic mass is 9.93. The zero-order valence-electron chi connectivity index (χ0n) is 18.0. The van der Waals surface area contributed by atoms with Crippen molar-refractivity contribution in [2.75, 3.05) is 32.7 Å². The molecule has 0 saturated carbocycles. The Bertz CT molecular complexity index is 777. The highest BCUT2D eigenvalue weighted by atomic mass is 16.2. The van der Waals surface area contributed by atoms with Gasteiger partial charge >= 0.3 is 0 Å². The SMILES string of the molecule is Cc1ccc(CN2CC(C(=O)N3CCC(C(=O)N4CCCCC4)CC3)CC2=O)cc1. The number of benzene rings is 1. The van der Waals surface area contributed by atoms with E-state index >= 15 is 0 Å². The van der Waals surface area contributed by atoms with Gasteiger partial charge in [0, 0.05) is 51.6 Å². The maximum atomic E-state index is 13.0. The first kappa shape index (κ1) is 20.9. The van der Waals surface area contributed by atoms with Gasteiger partial charge in [-0.3, -0.25) is 14.4 Å². The maximum Gasteiger partial charge on any atom is 0.227 e. The summed E-state index contributed by atoms with van der Waals surface area (Å²) in [6, 6.07) is 8.19. The summed E-state index contributed by atoms with van der Waals surface area (Å²) in [7, 11) is 0. The summed E-state index contributed by atoms with van der Waals surface area (Å²) in [5, 5.41) is 0. The quantitative estimate of drug-likeness (QED) is 0.765. The number of carbonyl (C=O) groups is 3. The van der Waals surface area contributed by atoms with E-state index in [0.717, 1.165) is 44.3 Å². The minimum absolute atomic E-state index is 0.0513. The summed E-state index contributed by atoms with van der Waals surface area (Å²) in [4.78, 5) is 43.9. The molecule has 1 atom stereocenters. The van der Waals surface area contributed by atoms with Gasteiger partial charge in [0.2, 0.25) is 17.7 Å². The molecule has 6 heteroatoms. The van der Waals surface area contributed by atoms with Crippen LogP contribution in [0.1, 0.15) is 49.7 Å². The fourth-order valence-corrected chi connectivity index (χ4v) is 4.98. The molecular formula is C24H33N3O3. The summed E-state index contributed by atoms with van der Waals surface area (Å²) in [6.45, 7) is 6.14. The maximum absolute atomic E-state index is 13.0. The lowest BCUT2D eigenvalue weighted by Crippen LogP contribution is -2.47. The average molecular weight is 412 g/mol. The van der Waals surface area contributed by atoms with Crippen molar-refractivity contribution in [1.82, 2.24) is 14.7 Å². The van der Waals surface area contributed by atoms with E-state index in [-0.39, 0.29) is 29.6 Å². The van der Waals surface area contributed by atoms with Crippen LogP contribution in [0.25, 0.3) is 0 Å². The van der Waals surface area contributed by atoms with Gasteiger partial charge in [0.15, 0.2) is 0 Å². The molecule has 3 saturated heterocycles. The smallest absolute Gasteiger partial charge is 0.227 e. The van der Waals surface area contributed by atoms with Gasteiger partial charge in [-0.25, -0.2) is 0 Å². The highest BCUT2D eigenvalue weighted by Gasteiger charge is 2.38. The molecule has 6 nitrogen and oxygen atoms in total. The van der Waals surface area contributed by atoms with Gasteiger partial charge in [-0.1, -0.05) is 29.8 Å².